The maximum absolute atomic E-state index is 5.88. The fourth-order valence-corrected chi connectivity index (χ4v) is 3.44. The molecule has 110 valence electrons. The minimum atomic E-state index is 0.671. The Balaban J connectivity index is 1.85. The molecule has 1 atom stereocenters. The van der Waals surface area contributed by atoms with Gasteiger partial charge in [0.2, 0.25) is 0 Å². The van der Waals surface area contributed by atoms with Crippen LogP contribution >= 0.6 is 23.4 Å². The summed E-state index contributed by atoms with van der Waals surface area (Å²) in [5.74, 6) is 2.19. The Hall–Kier alpha value is -0.870. The fraction of sp³-hybridized carbons (Fsp3) is 0.533. The van der Waals surface area contributed by atoms with E-state index in [-0.39, 0.29) is 0 Å². The van der Waals surface area contributed by atoms with E-state index in [0.29, 0.717) is 6.54 Å². The molecule has 1 aromatic rings. The molecule has 1 fully saturated rings. The van der Waals surface area contributed by atoms with Crippen molar-refractivity contribution in [1.82, 2.24) is 10.6 Å². The first-order valence-corrected chi connectivity index (χ1v) is 8.59. The van der Waals surface area contributed by atoms with E-state index in [1.165, 1.54) is 24.2 Å². The first-order chi connectivity index (χ1) is 9.78. The van der Waals surface area contributed by atoms with Crippen molar-refractivity contribution >= 4 is 29.3 Å². The lowest BCUT2D eigenvalue weighted by atomic mass is 10.2. The van der Waals surface area contributed by atoms with Gasteiger partial charge in [-0.1, -0.05) is 23.7 Å². The first kappa shape index (κ1) is 15.5. The molecule has 1 aromatic carbocycles. The van der Waals surface area contributed by atoms with E-state index in [4.69, 9.17) is 11.6 Å². The van der Waals surface area contributed by atoms with Crippen molar-refractivity contribution in [2.45, 2.75) is 31.6 Å². The number of nitrogens with zero attached hydrogens (tertiary/aromatic N) is 1. The molecule has 20 heavy (non-hydrogen) atoms. The average molecular weight is 312 g/mol. The third-order valence-corrected chi connectivity index (χ3v) is 4.85. The van der Waals surface area contributed by atoms with Gasteiger partial charge in [-0.05, 0) is 43.2 Å². The smallest absolute Gasteiger partial charge is 0.191 e. The molecular formula is C15H22ClN3S. The Bertz CT molecular complexity index is 427. The number of thioether (sulfide) groups is 1. The highest BCUT2D eigenvalue weighted by Crippen LogP contribution is 2.25. The van der Waals surface area contributed by atoms with Crippen LogP contribution < -0.4 is 10.6 Å². The van der Waals surface area contributed by atoms with E-state index in [1.807, 2.05) is 24.3 Å². The Morgan fingerprint density at radius 3 is 2.80 bits per heavy atom. The predicted octanol–water partition coefficient (Wildman–Crippen LogP) is 3.29. The summed E-state index contributed by atoms with van der Waals surface area (Å²) in [6.45, 7) is 4.63. The van der Waals surface area contributed by atoms with Crippen molar-refractivity contribution in [3.63, 3.8) is 0 Å². The van der Waals surface area contributed by atoms with E-state index < -0.39 is 0 Å². The number of rotatable bonds is 5. The Morgan fingerprint density at radius 1 is 1.35 bits per heavy atom. The molecule has 0 bridgehead atoms. The second-order valence-corrected chi connectivity index (χ2v) is 6.68. The van der Waals surface area contributed by atoms with Gasteiger partial charge in [-0.2, -0.15) is 11.8 Å². The van der Waals surface area contributed by atoms with Gasteiger partial charge in [0.05, 0.1) is 6.54 Å². The van der Waals surface area contributed by atoms with Gasteiger partial charge in [-0.25, -0.2) is 4.99 Å². The van der Waals surface area contributed by atoms with Crippen LogP contribution in [0.5, 0.6) is 0 Å². The lowest BCUT2D eigenvalue weighted by Gasteiger charge is -2.14. The highest BCUT2D eigenvalue weighted by Gasteiger charge is 2.15. The second-order valence-electron chi connectivity index (χ2n) is 4.84. The monoisotopic (exact) mass is 311 g/mol. The number of hydrogen-bond acceptors (Lipinski definition) is 2. The fourth-order valence-electron chi connectivity index (χ4n) is 2.12. The summed E-state index contributed by atoms with van der Waals surface area (Å²) in [5.41, 5.74) is 1.17. The lowest BCUT2D eigenvalue weighted by molar-refractivity contribution is 0.727. The molecule has 1 aliphatic heterocycles. The Labute approximate surface area is 130 Å². The van der Waals surface area contributed by atoms with Crippen LogP contribution in [0, 0.1) is 0 Å². The zero-order valence-corrected chi connectivity index (χ0v) is 13.4. The molecule has 0 radical (unpaired) electrons. The molecule has 2 rings (SSSR count). The standard InChI is InChI=1S/C15H22ClN3S/c1-2-17-15(19-11-14-4-3-9-20-14)18-10-12-5-7-13(16)8-6-12/h5-8,14H,2-4,9-11H2,1H3,(H2,17,18,19). The number of benzene rings is 1. The highest BCUT2D eigenvalue weighted by atomic mass is 35.5. The maximum Gasteiger partial charge on any atom is 0.191 e. The molecule has 0 spiro atoms. The highest BCUT2D eigenvalue weighted by molar-refractivity contribution is 8.00. The van der Waals surface area contributed by atoms with Crippen LogP contribution in [0.15, 0.2) is 29.3 Å². The molecule has 0 amide bonds. The van der Waals surface area contributed by atoms with Gasteiger partial charge < -0.3 is 10.6 Å². The summed E-state index contributed by atoms with van der Waals surface area (Å²) >= 11 is 7.94. The predicted molar refractivity (Wildman–Crippen MR) is 89.8 cm³/mol. The summed E-state index contributed by atoms with van der Waals surface area (Å²) < 4.78 is 0. The van der Waals surface area contributed by atoms with E-state index in [0.717, 1.165) is 29.3 Å². The van der Waals surface area contributed by atoms with E-state index in [2.05, 4.69) is 34.3 Å². The number of aliphatic imine (C=N–C) groups is 1. The van der Waals surface area contributed by atoms with Gasteiger partial charge in [0.15, 0.2) is 5.96 Å². The number of halogens is 1. The molecule has 0 saturated carbocycles. The number of guanidine groups is 1. The number of nitrogens with one attached hydrogen (secondary N) is 2. The van der Waals surface area contributed by atoms with Crippen LogP contribution in [0.25, 0.3) is 0 Å². The zero-order valence-electron chi connectivity index (χ0n) is 11.9. The Kier molecular flexibility index (Phi) is 6.54. The van der Waals surface area contributed by atoms with E-state index >= 15 is 0 Å². The van der Waals surface area contributed by atoms with Crippen LogP contribution in [0.2, 0.25) is 5.02 Å². The molecule has 1 aliphatic rings. The van der Waals surface area contributed by atoms with Crippen LogP contribution in [0.4, 0.5) is 0 Å². The molecule has 2 N–H and O–H groups in total. The van der Waals surface area contributed by atoms with Crippen molar-refractivity contribution in [3.8, 4) is 0 Å². The van der Waals surface area contributed by atoms with Gasteiger partial charge in [0.1, 0.15) is 0 Å². The molecule has 5 heteroatoms. The Morgan fingerprint density at radius 2 is 2.15 bits per heavy atom. The van der Waals surface area contributed by atoms with Crippen molar-refractivity contribution in [2.75, 3.05) is 18.8 Å². The summed E-state index contributed by atoms with van der Waals surface area (Å²) in [5, 5.41) is 8.22. The molecular weight excluding hydrogens is 290 g/mol. The van der Waals surface area contributed by atoms with Crippen molar-refractivity contribution in [2.24, 2.45) is 4.99 Å². The first-order valence-electron chi connectivity index (χ1n) is 7.16. The van der Waals surface area contributed by atoms with Crippen molar-refractivity contribution < 1.29 is 0 Å². The summed E-state index contributed by atoms with van der Waals surface area (Å²) in [6.07, 6.45) is 2.66. The summed E-state index contributed by atoms with van der Waals surface area (Å²) in [7, 11) is 0. The molecule has 0 aromatic heterocycles. The van der Waals surface area contributed by atoms with Crippen LogP contribution in [0.1, 0.15) is 25.3 Å². The molecule has 1 unspecified atom stereocenters. The minimum Gasteiger partial charge on any atom is -0.357 e. The molecule has 0 aliphatic carbocycles. The van der Waals surface area contributed by atoms with Gasteiger partial charge in [0, 0.05) is 23.4 Å². The van der Waals surface area contributed by atoms with E-state index in [9.17, 15) is 0 Å². The van der Waals surface area contributed by atoms with Crippen LogP contribution in [-0.4, -0.2) is 30.1 Å². The average Bonchev–Trinajstić information content (AvgIpc) is 2.97. The van der Waals surface area contributed by atoms with Crippen molar-refractivity contribution in [3.05, 3.63) is 34.9 Å². The normalized spacial score (nSPS) is 19.1. The second kappa shape index (κ2) is 8.42. The van der Waals surface area contributed by atoms with Crippen LogP contribution in [0.3, 0.4) is 0 Å². The molecule has 3 nitrogen and oxygen atoms in total. The lowest BCUT2D eigenvalue weighted by Crippen LogP contribution is -2.40. The van der Waals surface area contributed by atoms with Gasteiger partial charge >= 0.3 is 0 Å². The van der Waals surface area contributed by atoms with Crippen LogP contribution in [-0.2, 0) is 6.54 Å². The summed E-state index contributed by atoms with van der Waals surface area (Å²) in [6, 6.07) is 7.84. The third kappa shape index (κ3) is 5.25. The molecule has 1 saturated heterocycles. The van der Waals surface area contributed by atoms with Gasteiger partial charge in [-0.3, -0.25) is 0 Å². The largest absolute Gasteiger partial charge is 0.357 e. The van der Waals surface area contributed by atoms with Gasteiger partial charge in [-0.15, -0.1) is 0 Å². The molecule has 1 heterocycles. The zero-order chi connectivity index (χ0) is 14.2. The van der Waals surface area contributed by atoms with Gasteiger partial charge in [0.25, 0.3) is 0 Å². The topological polar surface area (TPSA) is 36.4 Å². The maximum atomic E-state index is 5.88. The number of hydrogen-bond donors (Lipinski definition) is 2. The van der Waals surface area contributed by atoms with Crippen molar-refractivity contribution in [1.29, 1.82) is 0 Å². The quantitative estimate of drug-likeness (QED) is 0.647. The minimum absolute atomic E-state index is 0.671. The van der Waals surface area contributed by atoms with E-state index in [1.54, 1.807) is 0 Å². The summed E-state index contributed by atoms with van der Waals surface area (Å²) in [4.78, 5) is 4.62. The third-order valence-electron chi connectivity index (χ3n) is 3.20. The SMILES string of the molecule is CCNC(=NCc1ccc(Cl)cc1)NCC1CCCS1.